The molecule has 7 nitrogen and oxygen atoms in total. The van der Waals surface area contributed by atoms with Gasteiger partial charge in [-0.05, 0) is 60.5 Å². The summed E-state index contributed by atoms with van der Waals surface area (Å²) < 4.78 is 13.2. The van der Waals surface area contributed by atoms with E-state index in [9.17, 15) is 14.0 Å². The second-order valence-corrected chi connectivity index (χ2v) is 9.52. The van der Waals surface area contributed by atoms with Crippen LogP contribution in [-0.2, 0) is 11.3 Å². The van der Waals surface area contributed by atoms with Crippen molar-refractivity contribution in [3.8, 4) is 11.3 Å². The van der Waals surface area contributed by atoms with Crippen LogP contribution in [0.25, 0.3) is 11.3 Å². The topological polar surface area (TPSA) is 69.6 Å². The molecule has 1 aromatic heterocycles. The van der Waals surface area contributed by atoms with Gasteiger partial charge in [0.25, 0.3) is 5.91 Å². The van der Waals surface area contributed by atoms with Gasteiger partial charge in [0.15, 0.2) is 5.82 Å². The van der Waals surface area contributed by atoms with Crippen LogP contribution in [0.3, 0.4) is 0 Å². The second kappa shape index (κ2) is 12.3. The van der Waals surface area contributed by atoms with Crippen molar-refractivity contribution in [3.63, 3.8) is 0 Å². The van der Waals surface area contributed by atoms with Crippen molar-refractivity contribution in [2.45, 2.75) is 13.0 Å². The Balaban J connectivity index is 1.23. The van der Waals surface area contributed by atoms with E-state index in [1.807, 2.05) is 65.6 Å². The molecule has 4 aromatic rings. The van der Waals surface area contributed by atoms with Crippen LogP contribution < -0.4 is 4.90 Å². The molecule has 0 radical (unpaired) electrons. The summed E-state index contributed by atoms with van der Waals surface area (Å²) in [4.78, 5) is 32.3. The molecule has 2 heterocycles. The number of aromatic nitrogens is 2. The maximum Gasteiger partial charge on any atom is 0.254 e. The summed E-state index contributed by atoms with van der Waals surface area (Å²) in [7, 11) is 0. The Kier molecular flexibility index (Phi) is 8.21. The van der Waals surface area contributed by atoms with Gasteiger partial charge in [0, 0.05) is 43.9 Å². The van der Waals surface area contributed by atoms with Crippen molar-refractivity contribution >= 4 is 17.6 Å². The van der Waals surface area contributed by atoms with E-state index < -0.39 is 0 Å². The molecule has 1 aliphatic rings. The number of hydrogen-bond acceptors (Lipinski definition) is 5. The van der Waals surface area contributed by atoms with Crippen LogP contribution in [0.4, 0.5) is 10.2 Å². The van der Waals surface area contributed by atoms with Gasteiger partial charge in [-0.3, -0.25) is 9.59 Å². The van der Waals surface area contributed by atoms with Crippen molar-refractivity contribution < 1.29 is 14.0 Å². The van der Waals surface area contributed by atoms with Crippen LogP contribution in [0, 0.1) is 5.82 Å². The predicted octanol–water partition coefficient (Wildman–Crippen LogP) is 4.66. The van der Waals surface area contributed by atoms with Crippen LogP contribution >= 0.6 is 0 Å². The van der Waals surface area contributed by atoms with Crippen LogP contribution in [0.2, 0.25) is 0 Å². The average molecular weight is 524 g/mol. The molecule has 198 valence electrons. The highest BCUT2D eigenvalue weighted by atomic mass is 19.1. The van der Waals surface area contributed by atoms with E-state index in [1.54, 1.807) is 29.2 Å². The second-order valence-electron chi connectivity index (χ2n) is 9.52. The first-order valence-electron chi connectivity index (χ1n) is 13.1. The third-order valence-corrected chi connectivity index (χ3v) is 6.81. The molecule has 0 bridgehead atoms. The molecule has 1 fully saturated rings. The zero-order valence-corrected chi connectivity index (χ0v) is 21.6. The van der Waals surface area contributed by atoms with Crippen LogP contribution in [-0.4, -0.2) is 64.5 Å². The molecule has 1 aliphatic heterocycles. The fourth-order valence-corrected chi connectivity index (χ4v) is 4.69. The molecule has 8 heteroatoms. The lowest BCUT2D eigenvalue weighted by Crippen LogP contribution is -2.44. The monoisotopic (exact) mass is 523 g/mol. The Labute approximate surface area is 227 Å². The minimum Gasteiger partial charge on any atom is -0.353 e. The molecule has 0 atom stereocenters. The summed E-state index contributed by atoms with van der Waals surface area (Å²) in [6.45, 7) is 2.85. The molecule has 39 heavy (non-hydrogen) atoms. The van der Waals surface area contributed by atoms with Crippen molar-refractivity contribution in [3.05, 3.63) is 114 Å². The van der Waals surface area contributed by atoms with Crippen molar-refractivity contribution in [2.75, 3.05) is 37.6 Å². The Morgan fingerprint density at radius 1 is 0.769 bits per heavy atom. The zero-order chi connectivity index (χ0) is 27.0. The summed E-state index contributed by atoms with van der Waals surface area (Å²) in [5.74, 6) is 0.204. The van der Waals surface area contributed by atoms with E-state index >= 15 is 0 Å². The molecule has 0 aliphatic carbocycles. The molecule has 5 rings (SSSR count). The fraction of sp³-hybridized carbons (Fsp3) is 0.226. The predicted molar refractivity (Wildman–Crippen MR) is 148 cm³/mol. The first-order chi connectivity index (χ1) is 19.1. The molecule has 3 aromatic carbocycles. The lowest BCUT2D eigenvalue weighted by Gasteiger charge is -2.27. The van der Waals surface area contributed by atoms with E-state index in [0.29, 0.717) is 37.4 Å². The van der Waals surface area contributed by atoms with Gasteiger partial charge in [-0.15, -0.1) is 10.2 Å². The summed E-state index contributed by atoms with van der Waals surface area (Å²) in [6, 6.07) is 28.7. The number of carbonyl (C=O) groups is 2. The summed E-state index contributed by atoms with van der Waals surface area (Å²) in [5, 5.41) is 8.72. The van der Waals surface area contributed by atoms with E-state index in [-0.39, 0.29) is 24.2 Å². The highest BCUT2D eigenvalue weighted by Gasteiger charge is 2.25. The maximum absolute atomic E-state index is 13.4. The van der Waals surface area contributed by atoms with Crippen LogP contribution in [0.15, 0.2) is 97.1 Å². The van der Waals surface area contributed by atoms with E-state index in [4.69, 9.17) is 0 Å². The Hall–Kier alpha value is -4.59. The number of rotatable bonds is 7. The smallest absolute Gasteiger partial charge is 0.254 e. The molecule has 0 saturated carbocycles. The standard InChI is InChI=1S/C31H30FN5O2/c32-27-14-12-25(13-15-27)28-16-17-29(34-33-28)35-18-7-19-36(21-20-35)30(38)23-37(22-24-8-3-1-4-9-24)31(39)26-10-5-2-6-11-26/h1-6,8-17H,7,18-23H2. The molecular weight excluding hydrogens is 493 g/mol. The summed E-state index contributed by atoms with van der Waals surface area (Å²) in [5.41, 5.74) is 3.00. The van der Waals surface area contributed by atoms with Gasteiger partial charge in [-0.1, -0.05) is 48.5 Å². The number of amides is 2. The maximum atomic E-state index is 13.4. The molecule has 2 amide bonds. The third-order valence-electron chi connectivity index (χ3n) is 6.81. The van der Waals surface area contributed by atoms with Crippen LogP contribution in [0.1, 0.15) is 22.3 Å². The minimum absolute atomic E-state index is 0.00872. The summed E-state index contributed by atoms with van der Waals surface area (Å²) in [6.07, 6.45) is 0.776. The SMILES string of the molecule is O=C(CN(Cc1ccccc1)C(=O)c1ccccc1)N1CCCN(c2ccc(-c3ccc(F)cc3)nn2)CC1. The molecule has 1 saturated heterocycles. The highest BCUT2D eigenvalue weighted by Crippen LogP contribution is 2.20. The number of halogens is 1. The van der Waals surface area contributed by atoms with E-state index in [2.05, 4.69) is 15.1 Å². The number of hydrogen-bond donors (Lipinski definition) is 0. The first kappa shape index (κ1) is 26.0. The molecule has 0 spiro atoms. The third kappa shape index (κ3) is 6.65. The molecule has 0 N–H and O–H groups in total. The normalized spacial score (nSPS) is 13.6. The molecular formula is C31H30FN5O2. The van der Waals surface area contributed by atoms with E-state index in [0.717, 1.165) is 29.9 Å². The fourth-order valence-electron chi connectivity index (χ4n) is 4.69. The number of nitrogens with zero attached hydrogens (tertiary/aromatic N) is 5. The van der Waals surface area contributed by atoms with Crippen molar-refractivity contribution in [1.82, 2.24) is 20.0 Å². The first-order valence-corrected chi connectivity index (χ1v) is 13.1. The van der Waals surface area contributed by atoms with Crippen molar-refractivity contribution in [1.29, 1.82) is 0 Å². The Morgan fingerprint density at radius 3 is 2.18 bits per heavy atom. The van der Waals surface area contributed by atoms with Gasteiger partial charge >= 0.3 is 0 Å². The highest BCUT2D eigenvalue weighted by molar-refractivity contribution is 5.96. The average Bonchev–Trinajstić information content (AvgIpc) is 3.25. The van der Waals surface area contributed by atoms with Gasteiger partial charge in [-0.25, -0.2) is 4.39 Å². The Bertz CT molecular complexity index is 1380. The van der Waals surface area contributed by atoms with Gasteiger partial charge in [-0.2, -0.15) is 0 Å². The van der Waals surface area contributed by atoms with Gasteiger partial charge < -0.3 is 14.7 Å². The summed E-state index contributed by atoms with van der Waals surface area (Å²) >= 11 is 0. The van der Waals surface area contributed by atoms with Gasteiger partial charge in [0.1, 0.15) is 12.4 Å². The lowest BCUT2D eigenvalue weighted by molar-refractivity contribution is -0.131. The van der Waals surface area contributed by atoms with E-state index in [1.165, 1.54) is 12.1 Å². The molecule has 0 unspecified atom stereocenters. The number of benzene rings is 3. The largest absolute Gasteiger partial charge is 0.353 e. The lowest BCUT2D eigenvalue weighted by atomic mass is 10.1. The Morgan fingerprint density at radius 2 is 1.49 bits per heavy atom. The zero-order valence-electron chi connectivity index (χ0n) is 21.6. The van der Waals surface area contributed by atoms with Gasteiger partial charge in [0.05, 0.1) is 5.69 Å². The number of anilines is 1. The van der Waals surface area contributed by atoms with Crippen molar-refractivity contribution in [2.24, 2.45) is 0 Å². The minimum atomic E-state index is -0.292. The quantitative estimate of drug-likeness (QED) is 0.352. The van der Waals surface area contributed by atoms with Gasteiger partial charge in [0.2, 0.25) is 5.91 Å². The van der Waals surface area contributed by atoms with Crippen LogP contribution in [0.5, 0.6) is 0 Å². The number of carbonyl (C=O) groups excluding carboxylic acids is 2.